The van der Waals surface area contributed by atoms with Crippen LogP contribution in [0, 0.1) is 90.4 Å². The standard InChI is InChI=1S/C27H46O.Ac/c1-18(2)7-6-8-19(3)23-11-12-24-22-10-9-20-17-21(28)13-15-26(20,4)25(22)14-16-27(23,24)5;/h9,18-19,21-25,28H,6-8,10-17H2,1-5H3;/t19?,21?,22?,23-,24?,25?,26+,27-;/m1./s1. The largest absolute Gasteiger partial charge is 0.393 e. The fraction of sp³-hybridized carbons (Fsp3) is 0.926. The second kappa shape index (κ2) is 9.56. The molecule has 0 spiro atoms. The zero-order valence-electron chi connectivity index (χ0n) is 19.9. The van der Waals surface area contributed by atoms with Gasteiger partial charge in [-0.3, -0.25) is 0 Å². The molecule has 0 amide bonds. The van der Waals surface area contributed by atoms with E-state index in [0.29, 0.717) is 10.8 Å². The maximum atomic E-state index is 10.2. The van der Waals surface area contributed by atoms with E-state index < -0.39 is 0 Å². The molecule has 0 aromatic carbocycles. The molecule has 29 heavy (non-hydrogen) atoms. The van der Waals surface area contributed by atoms with Gasteiger partial charge in [-0.25, -0.2) is 0 Å². The van der Waals surface area contributed by atoms with Crippen molar-refractivity contribution in [1.29, 1.82) is 0 Å². The fourth-order valence-corrected chi connectivity index (χ4v) is 8.67. The van der Waals surface area contributed by atoms with E-state index in [9.17, 15) is 5.11 Å². The molecule has 0 aliphatic heterocycles. The van der Waals surface area contributed by atoms with Gasteiger partial charge in [0.2, 0.25) is 0 Å². The van der Waals surface area contributed by atoms with Gasteiger partial charge >= 0.3 is 0 Å². The number of fused-ring (bicyclic) bond motifs is 5. The Morgan fingerprint density at radius 1 is 1.00 bits per heavy atom. The smallest absolute Gasteiger partial charge is 0.0577 e. The quantitative estimate of drug-likeness (QED) is 0.321. The average molecular weight is 614 g/mol. The van der Waals surface area contributed by atoms with Crippen LogP contribution in [0.2, 0.25) is 0 Å². The molecule has 4 rings (SSSR count). The van der Waals surface area contributed by atoms with Gasteiger partial charge in [-0.2, -0.15) is 0 Å². The molecule has 2 heteroatoms. The van der Waals surface area contributed by atoms with E-state index >= 15 is 0 Å². The van der Waals surface area contributed by atoms with Crippen molar-refractivity contribution in [3.63, 3.8) is 0 Å². The zero-order valence-corrected chi connectivity index (χ0v) is 24.7. The molecule has 3 saturated carbocycles. The topological polar surface area (TPSA) is 20.2 Å². The number of allylic oxidation sites excluding steroid dienone is 1. The molecule has 163 valence electrons. The molecule has 0 heterocycles. The molecule has 4 aliphatic rings. The Morgan fingerprint density at radius 3 is 2.48 bits per heavy atom. The van der Waals surface area contributed by atoms with Crippen molar-refractivity contribution in [2.24, 2.45) is 46.3 Å². The maximum absolute atomic E-state index is 10.2. The van der Waals surface area contributed by atoms with Crippen molar-refractivity contribution in [3.8, 4) is 0 Å². The zero-order chi connectivity index (χ0) is 20.1. The summed E-state index contributed by atoms with van der Waals surface area (Å²) in [5.41, 5.74) is 2.60. The van der Waals surface area contributed by atoms with E-state index in [1.165, 1.54) is 57.8 Å². The molecule has 0 saturated heterocycles. The Labute approximate surface area is 216 Å². The van der Waals surface area contributed by atoms with Gasteiger partial charge in [-0.1, -0.05) is 65.5 Å². The van der Waals surface area contributed by atoms with Gasteiger partial charge in [0, 0.05) is 44.1 Å². The first-order valence-corrected chi connectivity index (χ1v) is 12.6. The van der Waals surface area contributed by atoms with Crippen LogP contribution in [0.5, 0.6) is 0 Å². The third kappa shape index (κ3) is 4.49. The summed E-state index contributed by atoms with van der Waals surface area (Å²) in [4.78, 5) is 0. The van der Waals surface area contributed by atoms with Crippen LogP contribution in [0.3, 0.4) is 0 Å². The minimum absolute atomic E-state index is 0. The van der Waals surface area contributed by atoms with Gasteiger partial charge in [0.15, 0.2) is 0 Å². The summed E-state index contributed by atoms with van der Waals surface area (Å²) in [6.45, 7) is 12.6. The summed E-state index contributed by atoms with van der Waals surface area (Å²) < 4.78 is 0. The second-order valence-electron chi connectivity index (χ2n) is 12.2. The normalized spacial score (nSPS) is 44.9. The molecule has 3 fully saturated rings. The van der Waals surface area contributed by atoms with Crippen molar-refractivity contribution in [3.05, 3.63) is 11.6 Å². The molecule has 4 aliphatic carbocycles. The van der Waals surface area contributed by atoms with Crippen molar-refractivity contribution in [2.75, 3.05) is 0 Å². The molecule has 8 atom stereocenters. The summed E-state index contributed by atoms with van der Waals surface area (Å²) in [7, 11) is 0. The van der Waals surface area contributed by atoms with Gasteiger partial charge < -0.3 is 5.11 Å². The number of hydrogen-bond donors (Lipinski definition) is 1. The van der Waals surface area contributed by atoms with Crippen LogP contribution >= 0.6 is 0 Å². The Kier molecular flexibility index (Phi) is 8.17. The summed E-state index contributed by atoms with van der Waals surface area (Å²) in [6.07, 6.45) is 17.2. The summed E-state index contributed by atoms with van der Waals surface area (Å²) in [5, 5.41) is 10.2. The van der Waals surface area contributed by atoms with Crippen LogP contribution in [-0.4, -0.2) is 11.2 Å². The van der Waals surface area contributed by atoms with Gasteiger partial charge in [0.05, 0.1) is 6.10 Å². The molecule has 0 bridgehead atoms. The van der Waals surface area contributed by atoms with E-state index in [4.69, 9.17) is 0 Å². The summed E-state index contributed by atoms with van der Waals surface area (Å²) >= 11 is 0. The average Bonchev–Trinajstić information content (AvgIpc) is 2.99. The Morgan fingerprint density at radius 2 is 1.76 bits per heavy atom. The number of aliphatic hydroxyl groups excluding tert-OH is 1. The monoisotopic (exact) mass is 613 g/mol. The van der Waals surface area contributed by atoms with E-state index in [1.54, 1.807) is 5.57 Å². The van der Waals surface area contributed by atoms with E-state index in [-0.39, 0.29) is 50.2 Å². The molecule has 1 radical (unpaired) electrons. The number of rotatable bonds is 5. The van der Waals surface area contributed by atoms with E-state index in [1.807, 2.05) is 0 Å². The van der Waals surface area contributed by atoms with Gasteiger partial charge in [0.1, 0.15) is 0 Å². The third-order valence-corrected chi connectivity index (χ3v) is 10.3. The fourth-order valence-electron chi connectivity index (χ4n) is 8.67. The van der Waals surface area contributed by atoms with Gasteiger partial charge in [-0.05, 0) is 97.7 Å². The molecular weight excluding hydrogens is 567 g/mol. The number of hydrogen-bond acceptors (Lipinski definition) is 1. The number of aliphatic hydroxyl groups is 1. The molecule has 0 aromatic rings. The Bertz CT molecular complexity index is 597. The summed E-state index contributed by atoms with van der Waals surface area (Å²) in [6, 6.07) is 0. The van der Waals surface area contributed by atoms with Crippen LogP contribution in [-0.2, 0) is 0 Å². The first-order valence-electron chi connectivity index (χ1n) is 12.6. The SMILES string of the molecule is CC(C)CCCC(C)[C@H]1CCC2C3CC=C4CC(O)CC[C@]4(C)C3CC[C@@]21C.[Ac]. The van der Waals surface area contributed by atoms with Gasteiger partial charge in [0.25, 0.3) is 0 Å². The predicted octanol–water partition coefficient (Wildman–Crippen LogP) is 7.39. The van der Waals surface area contributed by atoms with Crippen molar-refractivity contribution in [1.82, 2.24) is 0 Å². The van der Waals surface area contributed by atoms with Crippen molar-refractivity contribution >= 4 is 0 Å². The second-order valence-corrected chi connectivity index (χ2v) is 12.2. The first-order chi connectivity index (χ1) is 13.3. The van der Waals surface area contributed by atoms with Crippen LogP contribution < -0.4 is 0 Å². The third-order valence-electron chi connectivity index (χ3n) is 10.3. The molecule has 1 N–H and O–H groups in total. The van der Waals surface area contributed by atoms with Crippen LogP contribution in [0.1, 0.15) is 105 Å². The Balaban J connectivity index is 0.00000240. The molecule has 1 nitrogen and oxygen atoms in total. The van der Waals surface area contributed by atoms with E-state index in [2.05, 4.69) is 40.7 Å². The van der Waals surface area contributed by atoms with E-state index in [0.717, 1.165) is 48.3 Å². The Hall–Kier alpha value is 1.14. The first kappa shape index (κ1) is 24.8. The maximum Gasteiger partial charge on any atom is 0.0577 e. The van der Waals surface area contributed by atoms with Gasteiger partial charge in [-0.15, -0.1) is 0 Å². The van der Waals surface area contributed by atoms with Crippen molar-refractivity contribution in [2.45, 2.75) is 111 Å². The molecule has 5 unspecified atom stereocenters. The minimum Gasteiger partial charge on any atom is -0.393 e. The predicted molar refractivity (Wildman–Crippen MR) is 119 cm³/mol. The van der Waals surface area contributed by atoms with Crippen molar-refractivity contribution < 1.29 is 49.2 Å². The van der Waals surface area contributed by atoms with Crippen LogP contribution in [0.15, 0.2) is 11.6 Å². The molecular formula is C27H46AcO. The summed E-state index contributed by atoms with van der Waals surface area (Å²) in [5.74, 6) is 5.46. The minimum atomic E-state index is -0.0766. The molecule has 0 aromatic heterocycles. The van der Waals surface area contributed by atoms with Crippen LogP contribution in [0.25, 0.3) is 0 Å². The van der Waals surface area contributed by atoms with Crippen LogP contribution in [0.4, 0.5) is 0 Å².